The lowest BCUT2D eigenvalue weighted by Gasteiger charge is -2.42. The second-order valence-electron chi connectivity index (χ2n) is 6.48. The van der Waals surface area contributed by atoms with Crippen molar-refractivity contribution in [3.8, 4) is 0 Å². The molecule has 4 heteroatoms. The van der Waals surface area contributed by atoms with Crippen LogP contribution in [-0.2, 0) is 9.59 Å². The smallest absolute Gasteiger partial charge is 0.250 e. The lowest BCUT2D eigenvalue weighted by molar-refractivity contribution is -0.136. The summed E-state index contributed by atoms with van der Waals surface area (Å²) in [6.45, 7) is 9.60. The Morgan fingerprint density at radius 1 is 1.15 bits per heavy atom. The molecule has 1 aliphatic heterocycles. The van der Waals surface area contributed by atoms with Crippen LogP contribution < -0.4 is 10.2 Å². The summed E-state index contributed by atoms with van der Waals surface area (Å²) in [7, 11) is 0. The molecule has 1 aromatic carbocycles. The zero-order valence-electron chi connectivity index (χ0n) is 12.7. The normalized spacial score (nSPS) is 23.8. The van der Waals surface area contributed by atoms with E-state index in [1.54, 1.807) is 11.8 Å². The Labute approximate surface area is 120 Å². The van der Waals surface area contributed by atoms with Crippen LogP contribution in [0.2, 0.25) is 0 Å². The van der Waals surface area contributed by atoms with Gasteiger partial charge in [-0.2, -0.15) is 0 Å². The minimum atomic E-state index is -0.495. The first kappa shape index (κ1) is 14.6. The molecule has 108 valence electrons. The molecule has 20 heavy (non-hydrogen) atoms. The highest BCUT2D eigenvalue weighted by atomic mass is 16.2. The Kier molecular flexibility index (Phi) is 3.59. The van der Waals surface area contributed by atoms with Crippen LogP contribution in [0.5, 0.6) is 0 Å². The van der Waals surface area contributed by atoms with E-state index in [2.05, 4.69) is 5.32 Å². The molecule has 1 aliphatic rings. The van der Waals surface area contributed by atoms with Gasteiger partial charge in [0, 0.05) is 5.69 Å². The molecular weight excluding hydrogens is 252 g/mol. The Bertz CT molecular complexity index is 546. The molecule has 1 aromatic rings. The van der Waals surface area contributed by atoms with E-state index in [1.165, 1.54) is 0 Å². The van der Waals surface area contributed by atoms with Crippen LogP contribution in [0.1, 0.15) is 33.3 Å². The number of benzene rings is 1. The van der Waals surface area contributed by atoms with E-state index in [9.17, 15) is 9.59 Å². The average molecular weight is 274 g/mol. The number of carbonyl (C=O) groups excluding carboxylic acids is 2. The van der Waals surface area contributed by atoms with Crippen molar-refractivity contribution in [3.05, 3.63) is 29.8 Å². The van der Waals surface area contributed by atoms with E-state index in [0.717, 1.165) is 11.3 Å². The predicted molar refractivity (Wildman–Crippen MR) is 79.5 cm³/mol. The van der Waals surface area contributed by atoms with Crippen molar-refractivity contribution < 1.29 is 9.59 Å². The summed E-state index contributed by atoms with van der Waals surface area (Å²) in [5.41, 5.74) is 1.50. The fraction of sp³-hybridized carbons (Fsp3) is 0.500. The van der Waals surface area contributed by atoms with Crippen molar-refractivity contribution in [2.45, 2.75) is 46.7 Å². The minimum absolute atomic E-state index is 0.0427. The third-order valence-corrected chi connectivity index (χ3v) is 3.78. The van der Waals surface area contributed by atoms with Gasteiger partial charge in [-0.1, -0.05) is 39.0 Å². The number of hydrogen-bond donors (Lipinski definition) is 1. The second kappa shape index (κ2) is 4.93. The number of hydrogen-bond acceptors (Lipinski definition) is 2. The average Bonchev–Trinajstić information content (AvgIpc) is 2.35. The maximum Gasteiger partial charge on any atom is 0.250 e. The zero-order chi connectivity index (χ0) is 15.1. The number of amides is 2. The van der Waals surface area contributed by atoms with Gasteiger partial charge in [0.1, 0.15) is 12.1 Å². The van der Waals surface area contributed by atoms with Crippen molar-refractivity contribution in [3.63, 3.8) is 0 Å². The lowest BCUT2D eigenvalue weighted by atomic mass is 9.83. The Morgan fingerprint density at radius 2 is 1.75 bits per heavy atom. The molecule has 1 saturated heterocycles. The first-order valence-electron chi connectivity index (χ1n) is 6.92. The number of aryl methyl sites for hydroxylation is 1. The number of nitrogens with one attached hydrogen (secondary N) is 1. The van der Waals surface area contributed by atoms with Crippen molar-refractivity contribution in [2.75, 3.05) is 4.90 Å². The molecule has 1 fully saturated rings. The van der Waals surface area contributed by atoms with Crippen molar-refractivity contribution >= 4 is 17.5 Å². The van der Waals surface area contributed by atoms with Gasteiger partial charge in [-0.3, -0.25) is 14.5 Å². The summed E-state index contributed by atoms with van der Waals surface area (Å²) < 4.78 is 0. The highest BCUT2D eigenvalue weighted by Gasteiger charge is 2.44. The zero-order valence-corrected chi connectivity index (χ0v) is 12.7. The van der Waals surface area contributed by atoms with E-state index >= 15 is 0 Å². The minimum Gasteiger partial charge on any atom is -0.342 e. The SMILES string of the molecule is Cc1ccccc1N1C(=O)C(C(C)(C)C)NC(=O)C1C. The van der Waals surface area contributed by atoms with Crippen LogP contribution in [-0.4, -0.2) is 23.9 Å². The van der Waals surface area contributed by atoms with Gasteiger partial charge in [-0.25, -0.2) is 0 Å². The van der Waals surface area contributed by atoms with E-state index in [-0.39, 0.29) is 17.2 Å². The van der Waals surface area contributed by atoms with Crippen LogP contribution in [0.4, 0.5) is 5.69 Å². The van der Waals surface area contributed by atoms with Crippen LogP contribution in [0, 0.1) is 12.3 Å². The highest BCUT2D eigenvalue weighted by Crippen LogP contribution is 2.30. The monoisotopic (exact) mass is 274 g/mol. The van der Waals surface area contributed by atoms with Crippen molar-refractivity contribution in [1.82, 2.24) is 5.32 Å². The van der Waals surface area contributed by atoms with Crippen LogP contribution in [0.3, 0.4) is 0 Å². The van der Waals surface area contributed by atoms with Crippen LogP contribution in [0.25, 0.3) is 0 Å². The quantitative estimate of drug-likeness (QED) is 0.854. The molecule has 2 rings (SSSR count). The standard InChI is InChI=1S/C16H22N2O2/c1-10-8-6-7-9-12(10)18-11(2)14(19)17-13(15(18)20)16(3,4)5/h6-9,11,13H,1-5H3,(H,17,19). The van der Waals surface area contributed by atoms with E-state index in [0.29, 0.717) is 0 Å². The molecule has 0 saturated carbocycles. The van der Waals surface area contributed by atoms with Gasteiger partial charge in [0.2, 0.25) is 5.91 Å². The molecular formula is C16H22N2O2. The molecule has 0 aliphatic carbocycles. The maximum absolute atomic E-state index is 12.8. The van der Waals surface area contributed by atoms with Gasteiger partial charge in [0.15, 0.2) is 0 Å². The van der Waals surface area contributed by atoms with E-state index in [4.69, 9.17) is 0 Å². The van der Waals surface area contributed by atoms with Gasteiger partial charge in [-0.15, -0.1) is 0 Å². The third kappa shape index (κ3) is 2.42. The van der Waals surface area contributed by atoms with Crippen molar-refractivity contribution in [1.29, 1.82) is 0 Å². The van der Waals surface area contributed by atoms with Gasteiger partial charge < -0.3 is 5.32 Å². The lowest BCUT2D eigenvalue weighted by Crippen LogP contribution is -2.66. The largest absolute Gasteiger partial charge is 0.342 e. The summed E-state index contributed by atoms with van der Waals surface area (Å²) in [5, 5.41) is 2.84. The Balaban J connectivity index is 2.47. The molecule has 4 nitrogen and oxygen atoms in total. The number of nitrogens with zero attached hydrogens (tertiary/aromatic N) is 1. The van der Waals surface area contributed by atoms with E-state index < -0.39 is 12.1 Å². The first-order valence-corrected chi connectivity index (χ1v) is 6.92. The molecule has 0 radical (unpaired) electrons. The first-order chi connectivity index (χ1) is 9.23. The molecule has 2 amide bonds. The highest BCUT2D eigenvalue weighted by molar-refractivity contribution is 6.08. The number of rotatable bonds is 1. The summed E-state index contributed by atoms with van der Waals surface area (Å²) in [6.07, 6.45) is 0. The van der Waals surface area contributed by atoms with Gasteiger partial charge >= 0.3 is 0 Å². The molecule has 2 unspecified atom stereocenters. The molecule has 0 spiro atoms. The summed E-state index contributed by atoms with van der Waals surface area (Å²) in [6, 6.07) is 6.68. The maximum atomic E-state index is 12.8. The summed E-state index contributed by atoms with van der Waals surface area (Å²) in [5.74, 6) is -0.147. The van der Waals surface area contributed by atoms with Crippen LogP contribution in [0.15, 0.2) is 24.3 Å². The van der Waals surface area contributed by atoms with Crippen molar-refractivity contribution in [2.24, 2.45) is 5.41 Å². The molecule has 2 atom stereocenters. The Hall–Kier alpha value is -1.84. The third-order valence-electron chi connectivity index (χ3n) is 3.78. The number of anilines is 1. The summed E-state index contributed by atoms with van der Waals surface area (Å²) >= 11 is 0. The molecule has 1 N–H and O–H groups in total. The van der Waals surface area contributed by atoms with Crippen LogP contribution >= 0.6 is 0 Å². The Morgan fingerprint density at radius 3 is 2.30 bits per heavy atom. The molecule has 0 aromatic heterocycles. The molecule has 0 bridgehead atoms. The van der Waals surface area contributed by atoms with Gasteiger partial charge in [-0.05, 0) is 30.9 Å². The number of piperazine rings is 1. The predicted octanol–water partition coefficient (Wildman–Crippen LogP) is 2.26. The number of carbonyl (C=O) groups is 2. The van der Waals surface area contributed by atoms with Gasteiger partial charge in [0.05, 0.1) is 0 Å². The topological polar surface area (TPSA) is 49.4 Å². The fourth-order valence-corrected chi connectivity index (χ4v) is 2.52. The van der Waals surface area contributed by atoms with Gasteiger partial charge in [0.25, 0.3) is 5.91 Å². The molecule has 1 heterocycles. The second-order valence-corrected chi connectivity index (χ2v) is 6.48. The number of para-hydroxylation sites is 1. The fourth-order valence-electron chi connectivity index (χ4n) is 2.52. The summed E-state index contributed by atoms with van der Waals surface area (Å²) in [4.78, 5) is 26.6. The van der Waals surface area contributed by atoms with E-state index in [1.807, 2.05) is 52.0 Å².